The van der Waals surface area contributed by atoms with Gasteiger partial charge in [0.25, 0.3) is 0 Å². The molecule has 1 nitrogen and oxygen atoms in total. The van der Waals surface area contributed by atoms with Crippen LogP contribution < -0.4 is 0 Å². The maximum Gasteiger partial charge on any atom is 0.101 e. The van der Waals surface area contributed by atoms with Gasteiger partial charge in [0.05, 0.1) is 0 Å². The Morgan fingerprint density at radius 1 is 1.40 bits per heavy atom. The molecule has 0 spiro atoms. The summed E-state index contributed by atoms with van der Waals surface area (Å²) in [5, 5.41) is 10.7. The van der Waals surface area contributed by atoms with Crippen LogP contribution in [0.25, 0.3) is 0 Å². The van der Waals surface area contributed by atoms with Crippen LogP contribution in [0.5, 0.6) is 0 Å². The molecule has 3 heteroatoms. The second kappa shape index (κ2) is 4.69. The first-order chi connectivity index (χ1) is 7.18. The molecule has 0 bridgehead atoms. The van der Waals surface area contributed by atoms with E-state index in [2.05, 4.69) is 22.0 Å². The number of benzene rings is 1. The van der Waals surface area contributed by atoms with Crippen LogP contribution >= 0.6 is 27.5 Å². The van der Waals surface area contributed by atoms with Gasteiger partial charge in [0.1, 0.15) is 6.10 Å². The number of aliphatic hydroxyl groups excluding tert-OH is 1. The lowest BCUT2D eigenvalue weighted by Crippen LogP contribution is -2.00. The summed E-state index contributed by atoms with van der Waals surface area (Å²) < 4.78 is 0.934. The summed E-state index contributed by atoms with van der Waals surface area (Å²) in [5.41, 5.74) is 1.90. The van der Waals surface area contributed by atoms with E-state index in [0.717, 1.165) is 34.9 Å². The van der Waals surface area contributed by atoms with Gasteiger partial charge in [-0.25, -0.2) is 0 Å². The standard InChI is InChI=1S/C12H12BrClO/c13-9-5-6-10(11(14)7-9)12(15)8-3-1-2-4-8/h3,5-7,12,15H,1-2,4H2. The Balaban J connectivity index is 2.28. The van der Waals surface area contributed by atoms with Gasteiger partial charge in [-0.15, -0.1) is 0 Å². The minimum Gasteiger partial charge on any atom is -0.384 e. The second-order valence-electron chi connectivity index (χ2n) is 3.74. The number of hydrogen-bond acceptors (Lipinski definition) is 1. The van der Waals surface area contributed by atoms with Gasteiger partial charge in [-0.2, -0.15) is 0 Å². The van der Waals surface area contributed by atoms with Crippen molar-refractivity contribution in [2.45, 2.75) is 25.4 Å². The van der Waals surface area contributed by atoms with Gasteiger partial charge in [0.15, 0.2) is 0 Å². The monoisotopic (exact) mass is 286 g/mol. The molecule has 1 unspecified atom stereocenters. The highest BCUT2D eigenvalue weighted by Gasteiger charge is 2.18. The first-order valence-corrected chi connectivity index (χ1v) is 6.17. The fraction of sp³-hybridized carbons (Fsp3) is 0.333. The van der Waals surface area contributed by atoms with E-state index in [-0.39, 0.29) is 0 Å². The Morgan fingerprint density at radius 2 is 2.20 bits per heavy atom. The topological polar surface area (TPSA) is 20.2 Å². The highest BCUT2D eigenvalue weighted by Crippen LogP contribution is 2.34. The molecule has 2 rings (SSSR count). The maximum atomic E-state index is 10.1. The average Bonchev–Trinajstić information content (AvgIpc) is 2.69. The molecule has 1 N–H and O–H groups in total. The van der Waals surface area contributed by atoms with Crippen molar-refractivity contribution in [3.05, 3.63) is 44.9 Å². The molecule has 1 aliphatic carbocycles. The van der Waals surface area contributed by atoms with E-state index < -0.39 is 6.10 Å². The van der Waals surface area contributed by atoms with Gasteiger partial charge in [-0.3, -0.25) is 0 Å². The summed E-state index contributed by atoms with van der Waals surface area (Å²) >= 11 is 9.43. The first-order valence-electron chi connectivity index (χ1n) is 5.00. The van der Waals surface area contributed by atoms with Crippen LogP contribution in [-0.2, 0) is 0 Å². The minimum atomic E-state index is -0.534. The molecule has 1 aromatic rings. The zero-order valence-electron chi connectivity index (χ0n) is 8.21. The van der Waals surface area contributed by atoms with E-state index in [0.29, 0.717) is 5.02 Å². The third-order valence-corrected chi connectivity index (χ3v) is 3.50. The van der Waals surface area contributed by atoms with Crippen molar-refractivity contribution in [1.82, 2.24) is 0 Å². The van der Waals surface area contributed by atoms with Crippen LogP contribution in [0.2, 0.25) is 5.02 Å². The van der Waals surface area contributed by atoms with Crippen LogP contribution in [0.1, 0.15) is 30.9 Å². The Hall–Kier alpha value is -0.310. The summed E-state index contributed by atoms with van der Waals surface area (Å²) in [5.74, 6) is 0. The predicted octanol–water partition coefficient (Wildman–Crippen LogP) is 4.25. The average molecular weight is 288 g/mol. The Labute approximate surface area is 103 Å². The van der Waals surface area contributed by atoms with Crippen molar-refractivity contribution >= 4 is 27.5 Å². The van der Waals surface area contributed by atoms with Crippen molar-refractivity contribution in [3.8, 4) is 0 Å². The lowest BCUT2D eigenvalue weighted by Gasteiger charge is -2.14. The Bertz CT molecular complexity index is 401. The van der Waals surface area contributed by atoms with Gasteiger partial charge >= 0.3 is 0 Å². The van der Waals surface area contributed by atoms with Crippen LogP contribution in [0.4, 0.5) is 0 Å². The molecule has 1 aromatic carbocycles. The van der Waals surface area contributed by atoms with Gasteiger partial charge in [-0.1, -0.05) is 39.7 Å². The van der Waals surface area contributed by atoms with E-state index in [1.54, 1.807) is 0 Å². The van der Waals surface area contributed by atoms with Crippen molar-refractivity contribution in [2.24, 2.45) is 0 Å². The predicted molar refractivity (Wildman–Crippen MR) is 66.0 cm³/mol. The van der Waals surface area contributed by atoms with Crippen molar-refractivity contribution < 1.29 is 5.11 Å². The molecule has 0 aliphatic heterocycles. The second-order valence-corrected chi connectivity index (χ2v) is 5.06. The molecule has 1 atom stereocenters. The fourth-order valence-corrected chi connectivity index (χ4v) is 2.64. The molecule has 0 heterocycles. The molecule has 0 fully saturated rings. The minimum absolute atomic E-state index is 0.534. The highest BCUT2D eigenvalue weighted by molar-refractivity contribution is 9.10. The van der Waals surface area contributed by atoms with Gasteiger partial charge in [0.2, 0.25) is 0 Å². The van der Waals surface area contributed by atoms with Crippen LogP contribution in [0, 0.1) is 0 Å². The molecule has 0 amide bonds. The van der Waals surface area contributed by atoms with Gasteiger partial charge < -0.3 is 5.11 Å². The zero-order valence-corrected chi connectivity index (χ0v) is 10.6. The SMILES string of the molecule is OC(C1=CCCC1)c1ccc(Br)cc1Cl. The zero-order chi connectivity index (χ0) is 10.8. The van der Waals surface area contributed by atoms with E-state index in [4.69, 9.17) is 11.6 Å². The highest BCUT2D eigenvalue weighted by atomic mass is 79.9. The third-order valence-electron chi connectivity index (χ3n) is 2.68. The molecule has 15 heavy (non-hydrogen) atoms. The summed E-state index contributed by atoms with van der Waals surface area (Å²) in [6, 6.07) is 5.59. The van der Waals surface area contributed by atoms with Crippen LogP contribution in [-0.4, -0.2) is 5.11 Å². The van der Waals surface area contributed by atoms with Crippen molar-refractivity contribution in [2.75, 3.05) is 0 Å². The fourth-order valence-electron chi connectivity index (χ4n) is 1.87. The van der Waals surface area contributed by atoms with E-state index in [1.165, 1.54) is 0 Å². The van der Waals surface area contributed by atoms with Gasteiger partial charge in [-0.05, 0) is 37.0 Å². The first kappa shape index (κ1) is 11.2. The molecule has 0 aromatic heterocycles. The molecule has 0 radical (unpaired) electrons. The number of allylic oxidation sites excluding steroid dienone is 1. The van der Waals surface area contributed by atoms with Crippen molar-refractivity contribution in [3.63, 3.8) is 0 Å². The number of aliphatic hydroxyl groups is 1. The summed E-state index contributed by atoms with van der Waals surface area (Å²) in [7, 11) is 0. The summed E-state index contributed by atoms with van der Waals surface area (Å²) in [6.07, 6.45) is 4.77. The smallest absolute Gasteiger partial charge is 0.101 e. The molecular weight excluding hydrogens is 275 g/mol. The Kier molecular flexibility index (Phi) is 3.49. The van der Waals surface area contributed by atoms with E-state index >= 15 is 0 Å². The van der Waals surface area contributed by atoms with Crippen LogP contribution in [0.3, 0.4) is 0 Å². The quantitative estimate of drug-likeness (QED) is 0.806. The van der Waals surface area contributed by atoms with Gasteiger partial charge in [0, 0.05) is 15.1 Å². The number of rotatable bonds is 2. The lowest BCUT2D eigenvalue weighted by molar-refractivity contribution is 0.213. The van der Waals surface area contributed by atoms with E-state index in [1.807, 2.05) is 18.2 Å². The molecular formula is C12H12BrClO. The summed E-state index contributed by atoms with van der Waals surface area (Å²) in [4.78, 5) is 0. The molecule has 1 aliphatic rings. The molecule has 0 saturated heterocycles. The van der Waals surface area contributed by atoms with Crippen molar-refractivity contribution in [1.29, 1.82) is 0 Å². The Morgan fingerprint density at radius 3 is 2.80 bits per heavy atom. The van der Waals surface area contributed by atoms with Crippen LogP contribution in [0.15, 0.2) is 34.3 Å². The largest absolute Gasteiger partial charge is 0.384 e. The summed E-state index contributed by atoms with van der Waals surface area (Å²) in [6.45, 7) is 0. The van der Waals surface area contributed by atoms with E-state index in [9.17, 15) is 5.11 Å². The number of hydrogen-bond donors (Lipinski definition) is 1. The third kappa shape index (κ3) is 2.44. The lowest BCUT2D eigenvalue weighted by atomic mass is 10.0. The molecule has 0 saturated carbocycles. The maximum absolute atomic E-state index is 10.1. The molecule has 80 valence electrons. The number of halogens is 2. The normalized spacial score (nSPS) is 17.7.